The van der Waals surface area contributed by atoms with Crippen molar-refractivity contribution >= 4 is 5.69 Å². The molecule has 0 radical (unpaired) electrons. The first-order valence-electron chi connectivity index (χ1n) is 5.59. The minimum atomic E-state index is -0.152. The van der Waals surface area contributed by atoms with Gasteiger partial charge >= 0.3 is 0 Å². The Bertz CT molecular complexity index is 333. The number of halogens is 1. The molecule has 1 aromatic rings. The third-order valence-electron chi connectivity index (χ3n) is 3.50. The molecule has 1 N–H and O–H groups in total. The van der Waals surface area contributed by atoms with E-state index in [1.165, 1.54) is 18.5 Å². The van der Waals surface area contributed by atoms with E-state index in [-0.39, 0.29) is 5.82 Å². The van der Waals surface area contributed by atoms with Crippen LogP contribution in [0.2, 0.25) is 0 Å². The van der Waals surface area contributed by atoms with Crippen molar-refractivity contribution in [2.45, 2.75) is 24.9 Å². The van der Waals surface area contributed by atoms with Gasteiger partial charge in [-0.1, -0.05) is 0 Å². The van der Waals surface area contributed by atoms with Gasteiger partial charge in [0, 0.05) is 30.9 Å². The maximum atomic E-state index is 12.8. The number of anilines is 1. The van der Waals surface area contributed by atoms with E-state index in [4.69, 9.17) is 0 Å². The molecule has 2 unspecified atom stereocenters. The van der Waals surface area contributed by atoms with Crippen molar-refractivity contribution in [3.63, 3.8) is 0 Å². The molecule has 0 aliphatic carbocycles. The molecule has 0 amide bonds. The lowest BCUT2D eigenvalue weighted by atomic mass is 10.2. The van der Waals surface area contributed by atoms with Crippen LogP contribution >= 0.6 is 0 Å². The summed E-state index contributed by atoms with van der Waals surface area (Å²) in [5.41, 5.74) is 1.17. The van der Waals surface area contributed by atoms with Gasteiger partial charge in [-0.05, 0) is 37.1 Å². The van der Waals surface area contributed by atoms with Crippen LogP contribution in [0, 0.1) is 5.82 Å². The summed E-state index contributed by atoms with van der Waals surface area (Å²) < 4.78 is 12.8. The summed E-state index contributed by atoms with van der Waals surface area (Å²) in [5.74, 6) is -0.152. The summed E-state index contributed by atoms with van der Waals surface area (Å²) in [6.45, 7) is 2.13. The van der Waals surface area contributed by atoms with E-state index in [9.17, 15) is 4.39 Å². The Kier molecular flexibility index (Phi) is 2.13. The van der Waals surface area contributed by atoms with E-state index in [0.717, 1.165) is 13.1 Å². The summed E-state index contributed by atoms with van der Waals surface area (Å²) in [7, 11) is 0. The van der Waals surface area contributed by atoms with Crippen LogP contribution in [0.1, 0.15) is 12.8 Å². The number of piperazine rings is 1. The number of hydrogen-bond acceptors (Lipinski definition) is 2. The second-order valence-electron chi connectivity index (χ2n) is 4.43. The number of nitrogens with zero attached hydrogens (tertiary/aromatic N) is 1. The number of nitrogens with one attached hydrogen (secondary N) is 1. The number of fused-ring (bicyclic) bond motifs is 2. The molecule has 2 aliphatic rings. The standard InChI is InChI=1S/C12H15FN2/c13-9-1-3-10(4-2-9)15-11-5-6-12(15)8-14-7-11/h1-4,11-12,14H,5-8H2. The Morgan fingerprint density at radius 2 is 1.67 bits per heavy atom. The summed E-state index contributed by atoms with van der Waals surface area (Å²) in [6, 6.07) is 8.11. The van der Waals surface area contributed by atoms with Crippen molar-refractivity contribution in [3.8, 4) is 0 Å². The molecular formula is C12H15FN2. The zero-order chi connectivity index (χ0) is 10.3. The van der Waals surface area contributed by atoms with Crippen molar-refractivity contribution in [1.29, 1.82) is 0 Å². The molecule has 2 nitrogen and oxygen atoms in total. The van der Waals surface area contributed by atoms with Crippen LogP contribution in [0.15, 0.2) is 24.3 Å². The lowest BCUT2D eigenvalue weighted by Crippen LogP contribution is -2.51. The molecule has 2 saturated heterocycles. The average Bonchev–Trinajstić information content (AvgIpc) is 2.51. The Morgan fingerprint density at radius 1 is 1.07 bits per heavy atom. The Hall–Kier alpha value is -1.09. The molecule has 1 aromatic carbocycles. The molecule has 3 rings (SSSR count). The van der Waals surface area contributed by atoms with Crippen LogP contribution in [0.5, 0.6) is 0 Å². The van der Waals surface area contributed by atoms with Gasteiger partial charge in [-0.3, -0.25) is 0 Å². The van der Waals surface area contributed by atoms with Gasteiger partial charge < -0.3 is 10.2 Å². The molecule has 80 valence electrons. The number of rotatable bonds is 1. The van der Waals surface area contributed by atoms with Gasteiger partial charge in [0.25, 0.3) is 0 Å². The van der Waals surface area contributed by atoms with Crippen LogP contribution < -0.4 is 10.2 Å². The molecule has 3 heteroatoms. The molecule has 2 heterocycles. The normalized spacial score (nSPS) is 29.5. The van der Waals surface area contributed by atoms with E-state index in [2.05, 4.69) is 10.2 Å². The molecule has 2 fully saturated rings. The van der Waals surface area contributed by atoms with Gasteiger partial charge in [0.15, 0.2) is 0 Å². The third kappa shape index (κ3) is 1.51. The van der Waals surface area contributed by atoms with Crippen molar-refractivity contribution in [3.05, 3.63) is 30.1 Å². The van der Waals surface area contributed by atoms with Crippen LogP contribution in [0.4, 0.5) is 10.1 Å². The third-order valence-corrected chi connectivity index (χ3v) is 3.50. The monoisotopic (exact) mass is 206 g/mol. The van der Waals surface area contributed by atoms with Crippen molar-refractivity contribution in [1.82, 2.24) is 5.32 Å². The molecule has 15 heavy (non-hydrogen) atoms. The highest BCUT2D eigenvalue weighted by Gasteiger charge is 2.36. The summed E-state index contributed by atoms with van der Waals surface area (Å²) in [5, 5.41) is 3.44. The van der Waals surface area contributed by atoms with Crippen LogP contribution in [0.3, 0.4) is 0 Å². The summed E-state index contributed by atoms with van der Waals surface area (Å²) in [6.07, 6.45) is 2.52. The van der Waals surface area contributed by atoms with E-state index in [0.29, 0.717) is 12.1 Å². The fraction of sp³-hybridized carbons (Fsp3) is 0.500. The van der Waals surface area contributed by atoms with E-state index in [1.54, 1.807) is 12.1 Å². The minimum absolute atomic E-state index is 0.152. The van der Waals surface area contributed by atoms with Crippen LogP contribution in [-0.4, -0.2) is 25.2 Å². The molecule has 2 bridgehead atoms. The molecule has 0 saturated carbocycles. The average molecular weight is 206 g/mol. The maximum Gasteiger partial charge on any atom is 0.123 e. The smallest absolute Gasteiger partial charge is 0.123 e. The van der Waals surface area contributed by atoms with Crippen LogP contribution in [0.25, 0.3) is 0 Å². The fourth-order valence-corrected chi connectivity index (χ4v) is 2.81. The SMILES string of the molecule is Fc1ccc(N2C3CCC2CNC3)cc1. The van der Waals surface area contributed by atoms with Gasteiger partial charge in [-0.2, -0.15) is 0 Å². The Labute approximate surface area is 89.1 Å². The maximum absolute atomic E-state index is 12.8. The zero-order valence-corrected chi connectivity index (χ0v) is 8.62. The molecule has 2 atom stereocenters. The summed E-state index contributed by atoms with van der Waals surface area (Å²) >= 11 is 0. The topological polar surface area (TPSA) is 15.3 Å². The van der Waals surface area contributed by atoms with Crippen molar-refractivity contribution in [2.75, 3.05) is 18.0 Å². The number of benzene rings is 1. The first-order chi connectivity index (χ1) is 7.34. The minimum Gasteiger partial charge on any atom is -0.363 e. The predicted molar refractivity (Wildman–Crippen MR) is 58.6 cm³/mol. The first-order valence-corrected chi connectivity index (χ1v) is 5.59. The molecule has 0 spiro atoms. The van der Waals surface area contributed by atoms with E-state index < -0.39 is 0 Å². The molecule has 0 aromatic heterocycles. The number of hydrogen-bond donors (Lipinski definition) is 1. The second kappa shape index (κ2) is 3.49. The van der Waals surface area contributed by atoms with E-state index >= 15 is 0 Å². The van der Waals surface area contributed by atoms with Gasteiger partial charge in [-0.15, -0.1) is 0 Å². The molecular weight excluding hydrogens is 191 g/mol. The van der Waals surface area contributed by atoms with Crippen molar-refractivity contribution < 1.29 is 4.39 Å². The van der Waals surface area contributed by atoms with Gasteiger partial charge in [-0.25, -0.2) is 4.39 Å². The van der Waals surface area contributed by atoms with E-state index in [1.807, 2.05) is 12.1 Å². The molecule has 2 aliphatic heterocycles. The highest BCUT2D eigenvalue weighted by atomic mass is 19.1. The Morgan fingerprint density at radius 3 is 2.27 bits per heavy atom. The fourth-order valence-electron chi connectivity index (χ4n) is 2.81. The van der Waals surface area contributed by atoms with Crippen molar-refractivity contribution in [2.24, 2.45) is 0 Å². The quantitative estimate of drug-likeness (QED) is 0.753. The second-order valence-corrected chi connectivity index (χ2v) is 4.43. The largest absolute Gasteiger partial charge is 0.363 e. The zero-order valence-electron chi connectivity index (χ0n) is 8.62. The lowest BCUT2D eigenvalue weighted by molar-refractivity contribution is 0.484. The highest BCUT2D eigenvalue weighted by Crippen LogP contribution is 2.32. The lowest BCUT2D eigenvalue weighted by Gasteiger charge is -2.37. The van der Waals surface area contributed by atoms with Gasteiger partial charge in [0.05, 0.1) is 0 Å². The van der Waals surface area contributed by atoms with Gasteiger partial charge in [0.1, 0.15) is 5.82 Å². The summed E-state index contributed by atoms with van der Waals surface area (Å²) in [4.78, 5) is 2.45. The van der Waals surface area contributed by atoms with Crippen LogP contribution in [-0.2, 0) is 0 Å². The highest BCUT2D eigenvalue weighted by molar-refractivity contribution is 5.50. The van der Waals surface area contributed by atoms with Gasteiger partial charge in [0.2, 0.25) is 0 Å². The Balaban J connectivity index is 1.90. The first kappa shape index (κ1) is 9.16. The predicted octanol–water partition coefficient (Wildman–Crippen LogP) is 1.77.